The van der Waals surface area contributed by atoms with Crippen LogP contribution in [0.2, 0.25) is 10.2 Å². The van der Waals surface area contributed by atoms with E-state index in [1.807, 2.05) is 4.90 Å². The Bertz CT molecular complexity index is 1970. The first-order valence-electron chi connectivity index (χ1n) is 13.9. The quantitative estimate of drug-likeness (QED) is 0.236. The Balaban J connectivity index is 1.33. The van der Waals surface area contributed by atoms with E-state index in [1.54, 1.807) is 58.2 Å². The van der Waals surface area contributed by atoms with E-state index >= 15 is 4.39 Å². The van der Waals surface area contributed by atoms with Crippen molar-refractivity contribution in [3.63, 3.8) is 0 Å². The second-order valence-electron chi connectivity index (χ2n) is 11.7. The molecule has 0 atom stereocenters. The highest BCUT2D eigenvalue weighted by atomic mass is 35.5. The number of hydrogen-bond acceptors (Lipinski definition) is 8. The minimum Gasteiger partial charge on any atom is -0.444 e. The molecule has 14 heteroatoms. The number of rotatable bonds is 4. The number of alkyl carbamates (subject to hydrolysis) is 1. The van der Waals surface area contributed by atoms with Crippen LogP contribution in [0.25, 0.3) is 33.2 Å². The number of nitrogens with one attached hydrogen (secondary N) is 2. The van der Waals surface area contributed by atoms with E-state index in [2.05, 4.69) is 36.7 Å². The molecule has 2 N–H and O–H groups in total. The number of aryl methyl sites for hydroxylation is 1. The maximum absolute atomic E-state index is 15.1. The summed E-state index contributed by atoms with van der Waals surface area (Å²) in [5, 5.41) is 26.5. The van der Waals surface area contributed by atoms with Crippen molar-refractivity contribution in [3.8, 4) is 17.3 Å². The SMILES string of the molecule is Cn1nc2ccc(-c3[nH]nc4nc(N5CCC(NC(=O)OC(C)(C)C)(c6ccccc6F)CC5)nc(C#N)c34)c(Cl)c2c1Cl. The van der Waals surface area contributed by atoms with Crippen molar-refractivity contribution < 1.29 is 13.9 Å². The van der Waals surface area contributed by atoms with Crippen LogP contribution in [0, 0.1) is 17.1 Å². The average Bonchev–Trinajstić information content (AvgIpc) is 3.52. The molecule has 4 heterocycles. The first-order valence-corrected chi connectivity index (χ1v) is 14.6. The van der Waals surface area contributed by atoms with Crippen molar-refractivity contribution in [2.45, 2.75) is 44.8 Å². The lowest BCUT2D eigenvalue weighted by Crippen LogP contribution is -2.54. The van der Waals surface area contributed by atoms with Crippen LogP contribution in [0.4, 0.5) is 15.1 Å². The molecule has 0 spiro atoms. The molecule has 2 aromatic carbocycles. The van der Waals surface area contributed by atoms with Crippen molar-refractivity contribution in [1.29, 1.82) is 5.26 Å². The Morgan fingerprint density at radius 1 is 1.14 bits per heavy atom. The molecule has 5 aromatic rings. The minimum absolute atomic E-state index is 0.111. The molecule has 0 saturated carbocycles. The normalized spacial score (nSPS) is 15.0. The summed E-state index contributed by atoms with van der Waals surface area (Å²) >= 11 is 13.2. The van der Waals surface area contributed by atoms with Crippen LogP contribution in [-0.2, 0) is 17.3 Å². The van der Waals surface area contributed by atoms with E-state index in [0.29, 0.717) is 75.2 Å². The van der Waals surface area contributed by atoms with E-state index in [0.717, 1.165) is 0 Å². The lowest BCUT2D eigenvalue weighted by Gasteiger charge is -2.42. The Kier molecular flexibility index (Phi) is 7.34. The van der Waals surface area contributed by atoms with Gasteiger partial charge in [-0.25, -0.2) is 14.2 Å². The second-order valence-corrected chi connectivity index (χ2v) is 12.4. The smallest absolute Gasteiger partial charge is 0.408 e. The number of nitrogens with zero attached hydrogens (tertiary/aromatic N) is 7. The van der Waals surface area contributed by atoms with Crippen LogP contribution in [0.3, 0.4) is 0 Å². The molecule has 0 radical (unpaired) electrons. The molecule has 0 bridgehead atoms. The standard InChI is InChI=1S/C30H28Cl2FN9O2/c1-29(2,3)44-28(43)37-30(17-7-5-6-8-18(17)33)11-13-42(14-12-30)27-35-20(15-34)22-24(38-39-26(22)36-27)16-9-10-19-21(23(16)31)25(32)41(4)40-19/h5-10H,11-14H2,1-4H3,(H,37,43)(H,35,36,38,39). The van der Waals surface area contributed by atoms with Crippen molar-refractivity contribution in [2.75, 3.05) is 18.0 Å². The van der Waals surface area contributed by atoms with Gasteiger partial charge < -0.3 is 15.0 Å². The molecular weight excluding hydrogens is 608 g/mol. The Labute approximate surface area is 261 Å². The largest absolute Gasteiger partial charge is 0.444 e. The van der Waals surface area contributed by atoms with Crippen LogP contribution in [0.15, 0.2) is 36.4 Å². The lowest BCUT2D eigenvalue weighted by atomic mass is 9.80. The number of anilines is 1. The number of carbonyl (C=O) groups excluding carboxylic acids is 1. The van der Waals surface area contributed by atoms with Gasteiger partial charge >= 0.3 is 6.09 Å². The van der Waals surface area contributed by atoms with Gasteiger partial charge in [0, 0.05) is 31.3 Å². The number of piperidine rings is 1. The second kappa shape index (κ2) is 10.9. The number of fused-ring (bicyclic) bond motifs is 2. The summed E-state index contributed by atoms with van der Waals surface area (Å²) < 4.78 is 22.1. The summed E-state index contributed by atoms with van der Waals surface area (Å²) in [4.78, 5) is 24.0. The van der Waals surface area contributed by atoms with Gasteiger partial charge in [0.2, 0.25) is 5.95 Å². The van der Waals surface area contributed by atoms with Gasteiger partial charge in [-0.1, -0.05) is 41.4 Å². The van der Waals surface area contributed by atoms with Crippen LogP contribution in [0.5, 0.6) is 0 Å². The molecule has 1 saturated heterocycles. The molecule has 0 unspecified atom stereocenters. The highest BCUT2D eigenvalue weighted by Crippen LogP contribution is 2.40. The highest BCUT2D eigenvalue weighted by molar-refractivity contribution is 6.43. The Hall–Kier alpha value is -4.47. The molecule has 3 aromatic heterocycles. The number of H-pyrrole nitrogens is 1. The monoisotopic (exact) mass is 635 g/mol. The van der Waals surface area contributed by atoms with Gasteiger partial charge in [-0.15, -0.1) is 0 Å². The zero-order valence-corrected chi connectivity index (χ0v) is 25.9. The fourth-order valence-corrected chi connectivity index (χ4v) is 6.26. The van der Waals surface area contributed by atoms with Crippen LogP contribution >= 0.6 is 23.2 Å². The molecule has 1 amide bonds. The molecule has 1 fully saturated rings. The average molecular weight is 637 g/mol. The number of hydrogen-bond donors (Lipinski definition) is 2. The molecule has 1 aliphatic rings. The molecular formula is C30H28Cl2FN9O2. The maximum atomic E-state index is 15.1. The zero-order chi connectivity index (χ0) is 31.4. The summed E-state index contributed by atoms with van der Waals surface area (Å²) in [6.07, 6.45) is 0.0418. The van der Waals surface area contributed by atoms with E-state index < -0.39 is 23.1 Å². The molecule has 11 nitrogen and oxygen atoms in total. The first kappa shape index (κ1) is 29.6. The number of halogens is 3. The van der Waals surface area contributed by atoms with Gasteiger partial charge in [0.05, 0.1) is 32.5 Å². The van der Waals surface area contributed by atoms with Crippen LogP contribution in [-0.4, -0.2) is 54.7 Å². The summed E-state index contributed by atoms with van der Waals surface area (Å²) in [6.45, 7) is 6.03. The zero-order valence-electron chi connectivity index (χ0n) is 24.4. The fraction of sp³-hybridized carbons (Fsp3) is 0.333. The van der Waals surface area contributed by atoms with Gasteiger partial charge in [0.25, 0.3) is 0 Å². The summed E-state index contributed by atoms with van der Waals surface area (Å²) in [5.74, 6) is -0.127. The summed E-state index contributed by atoms with van der Waals surface area (Å²) in [7, 11) is 1.72. The lowest BCUT2D eigenvalue weighted by molar-refractivity contribution is 0.0428. The van der Waals surface area contributed by atoms with E-state index in [1.165, 1.54) is 10.7 Å². The fourth-order valence-electron chi connectivity index (χ4n) is 5.63. The number of aromatic nitrogens is 6. The number of ether oxygens (including phenoxy) is 1. The van der Waals surface area contributed by atoms with Crippen LogP contribution < -0.4 is 10.2 Å². The first-order chi connectivity index (χ1) is 20.9. The van der Waals surface area contributed by atoms with E-state index in [9.17, 15) is 10.1 Å². The third-order valence-corrected chi connectivity index (χ3v) is 8.50. The number of carbonyl (C=O) groups is 1. The number of amides is 1. The molecule has 226 valence electrons. The highest BCUT2D eigenvalue weighted by Gasteiger charge is 2.41. The molecule has 0 aliphatic carbocycles. The molecule has 44 heavy (non-hydrogen) atoms. The number of nitriles is 1. The Morgan fingerprint density at radius 2 is 1.86 bits per heavy atom. The predicted molar refractivity (Wildman–Crippen MR) is 165 cm³/mol. The topological polar surface area (TPSA) is 138 Å². The van der Waals surface area contributed by atoms with Crippen molar-refractivity contribution >= 4 is 57.2 Å². The number of benzene rings is 2. The molecule has 6 rings (SSSR count). The predicted octanol–water partition coefficient (Wildman–Crippen LogP) is 6.24. The van der Waals surface area contributed by atoms with Gasteiger partial charge in [0.15, 0.2) is 11.3 Å². The van der Waals surface area contributed by atoms with Gasteiger partial charge in [0.1, 0.15) is 22.6 Å². The third kappa shape index (κ3) is 5.16. The summed E-state index contributed by atoms with van der Waals surface area (Å²) in [5.41, 5.74) is 0.716. The van der Waals surface area contributed by atoms with Gasteiger partial charge in [-0.05, 0) is 51.8 Å². The number of aromatic amines is 1. The van der Waals surface area contributed by atoms with Crippen molar-refractivity contribution in [1.82, 2.24) is 35.3 Å². The van der Waals surface area contributed by atoms with E-state index in [4.69, 9.17) is 27.9 Å². The summed E-state index contributed by atoms with van der Waals surface area (Å²) in [6, 6.07) is 12.1. The molecule has 1 aliphatic heterocycles. The van der Waals surface area contributed by atoms with E-state index in [-0.39, 0.29) is 11.3 Å². The van der Waals surface area contributed by atoms with Gasteiger partial charge in [-0.3, -0.25) is 9.78 Å². The Morgan fingerprint density at radius 3 is 2.55 bits per heavy atom. The third-order valence-electron chi connectivity index (χ3n) is 7.67. The van der Waals surface area contributed by atoms with Crippen LogP contribution in [0.1, 0.15) is 44.9 Å². The van der Waals surface area contributed by atoms with Crippen molar-refractivity contribution in [3.05, 3.63) is 63.6 Å². The minimum atomic E-state index is -1.02. The van der Waals surface area contributed by atoms with Crippen molar-refractivity contribution in [2.24, 2.45) is 7.05 Å². The maximum Gasteiger partial charge on any atom is 0.408 e. The van der Waals surface area contributed by atoms with Gasteiger partial charge in [-0.2, -0.15) is 20.4 Å².